The van der Waals surface area contributed by atoms with E-state index in [4.69, 9.17) is 4.74 Å². The van der Waals surface area contributed by atoms with E-state index in [0.717, 1.165) is 42.3 Å². The van der Waals surface area contributed by atoms with Gasteiger partial charge in [-0.25, -0.2) is 4.79 Å². The molecule has 2 aliphatic rings. The molecule has 0 saturated carbocycles. The maximum atomic E-state index is 13.3. The summed E-state index contributed by atoms with van der Waals surface area (Å²) in [5.74, 6) is 1.92. The van der Waals surface area contributed by atoms with Crippen molar-refractivity contribution < 1.29 is 4.74 Å². The van der Waals surface area contributed by atoms with Crippen LogP contribution in [-0.4, -0.2) is 29.2 Å². The van der Waals surface area contributed by atoms with Gasteiger partial charge < -0.3 is 15.0 Å². The van der Waals surface area contributed by atoms with E-state index in [0.29, 0.717) is 29.3 Å². The van der Waals surface area contributed by atoms with Crippen molar-refractivity contribution >= 4 is 21.7 Å². The first-order chi connectivity index (χ1) is 16.2. The second kappa shape index (κ2) is 7.89. The Morgan fingerprint density at radius 2 is 1.91 bits per heavy atom. The lowest BCUT2D eigenvalue weighted by molar-refractivity contribution is 0.371. The van der Waals surface area contributed by atoms with Crippen LogP contribution in [0.4, 0.5) is 0 Å². The molecule has 33 heavy (non-hydrogen) atoms. The maximum absolute atomic E-state index is 13.3. The van der Waals surface area contributed by atoms with E-state index in [1.807, 2.05) is 42.5 Å². The molecule has 1 aliphatic carbocycles. The smallest absolute Gasteiger partial charge is 0.328 e. The van der Waals surface area contributed by atoms with Crippen LogP contribution in [0.15, 0.2) is 64.2 Å². The predicted octanol–water partition coefficient (Wildman–Crippen LogP) is 3.56. The lowest BCUT2D eigenvalue weighted by Crippen LogP contribution is -2.38. The average molecular weight is 442 g/mol. The van der Waals surface area contributed by atoms with E-state index in [9.17, 15) is 9.59 Å². The number of aromatic nitrogens is 2. The fourth-order valence-electron chi connectivity index (χ4n) is 6.07. The third-order valence-electron chi connectivity index (χ3n) is 7.64. The zero-order chi connectivity index (χ0) is 22.5. The molecule has 0 radical (unpaired) electrons. The monoisotopic (exact) mass is 441 g/mol. The van der Waals surface area contributed by atoms with Crippen molar-refractivity contribution in [2.24, 2.45) is 5.92 Å². The van der Waals surface area contributed by atoms with E-state index in [-0.39, 0.29) is 17.3 Å². The van der Waals surface area contributed by atoms with Gasteiger partial charge in [-0.2, -0.15) is 0 Å². The second-order valence-electron chi connectivity index (χ2n) is 9.25. The summed E-state index contributed by atoms with van der Waals surface area (Å²) in [6.07, 6.45) is 2.89. The molecule has 6 rings (SSSR count). The van der Waals surface area contributed by atoms with Crippen molar-refractivity contribution in [1.82, 2.24) is 14.9 Å². The SMILES string of the molecule is COc1cccc2c1CC[C@@H]1CNC(CCn3c(=O)[nH]c4c(ccc5ccccc54)c3=O)[C@@H]21. The molecule has 0 bridgehead atoms. The van der Waals surface area contributed by atoms with Gasteiger partial charge in [-0.1, -0.05) is 42.5 Å². The first kappa shape index (κ1) is 20.2. The summed E-state index contributed by atoms with van der Waals surface area (Å²) in [7, 11) is 1.73. The number of hydrogen-bond acceptors (Lipinski definition) is 4. The van der Waals surface area contributed by atoms with Gasteiger partial charge in [0.25, 0.3) is 5.56 Å². The standard InChI is InChI=1S/C27H27N3O3/c1-33-23-8-4-7-20-19(23)11-10-17-15-28-22(24(17)20)13-14-30-26(31)21-12-9-16-5-2-3-6-18(16)25(21)29-27(30)32/h2-9,12,17,22,24,28H,10-11,13-15H2,1H3,(H,29,32)/t17-,22?,24-/m1/s1. The molecule has 4 aromatic rings. The maximum Gasteiger partial charge on any atom is 0.328 e. The van der Waals surface area contributed by atoms with Crippen LogP contribution in [0, 0.1) is 5.92 Å². The Kier molecular flexibility index (Phi) is 4.84. The van der Waals surface area contributed by atoms with Crippen LogP contribution in [0.3, 0.4) is 0 Å². The molecule has 1 saturated heterocycles. The van der Waals surface area contributed by atoms with Gasteiger partial charge in [-0.05, 0) is 60.4 Å². The molecule has 1 aliphatic heterocycles. The van der Waals surface area contributed by atoms with Crippen molar-refractivity contribution in [3.8, 4) is 5.75 Å². The Morgan fingerprint density at radius 3 is 2.79 bits per heavy atom. The highest BCUT2D eigenvalue weighted by Gasteiger charge is 2.40. The Morgan fingerprint density at radius 1 is 1.03 bits per heavy atom. The van der Waals surface area contributed by atoms with Crippen molar-refractivity contribution in [3.05, 3.63) is 86.6 Å². The first-order valence-electron chi connectivity index (χ1n) is 11.7. The summed E-state index contributed by atoms with van der Waals surface area (Å²) in [5.41, 5.74) is 2.71. The fraction of sp³-hybridized carbons (Fsp3) is 0.333. The molecule has 6 heteroatoms. The lowest BCUT2D eigenvalue weighted by atomic mass is 9.73. The Bertz CT molecular complexity index is 1490. The van der Waals surface area contributed by atoms with E-state index >= 15 is 0 Å². The summed E-state index contributed by atoms with van der Waals surface area (Å²) < 4.78 is 6.98. The van der Waals surface area contributed by atoms with E-state index in [2.05, 4.69) is 22.4 Å². The number of benzene rings is 3. The Balaban J connectivity index is 1.33. The zero-order valence-electron chi connectivity index (χ0n) is 18.6. The summed E-state index contributed by atoms with van der Waals surface area (Å²) in [6.45, 7) is 1.36. The molecular formula is C27H27N3O3. The molecule has 1 fully saturated rings. The summed E-state index contributed by atoms with van der Waals surface area (Å²) >= 11 is 0. The molecule has 1 unspecified atom stereocenters. The van der Waals surface area contributed by atoms with Crippen molar-refractivity contribution in [3.63, 3.8) is 0 Å². The second-order valence-corrected chi connectivity index (χ2v) is 9.25. The number of nitrogens with zero attached hydrogens (tertiary/aromatic N) is 1. The fourth-order valence-corrected chi connectivity index (χ4v) is 6.07. The minimum atomic E-state index is -0.343. The largest absolute Gasteiger partial charge is 0.496 e. The highest BCUT2D eigenvalue weighted by molar-refractivity contribution is 6.04. The van der Waals surface area contributed by atoms with Gasteiger partial charge in [0.2, 0.25) is 0 Å². The Labute approximate surface area is 191 Å². The van der Waals surface area contributed by atoms with Crippen molar-refractivity contribution in [2.75, 3.05) is 13.7 Å². The molecule has 2 N–H and O–H groups in total. The highest BCUT2D eigenvalue weighted by atomic mass is 16.5. The molecule has 0 amide bonds. The van der Waals surface area contributed by atoms with Gasteiger partial charge in [-0.15, -0.1) is 0 Å². The number of aromatic amines is 1. The molecule has 6 nitrogen and oxygen atoms in total. The van der Waals surface area contributed by atoms with Crippen molar-refractivity contribution in [1.29, 1.82) is 0 Å². The molecular weight excluding hydrogens is 414 g/mol. The average Bonchev–Trinajstić information content (AvgIpc) is 3.27. The van der Waals surface area contributed by atoms with Crippen LogP contribution in [-0.2, 0) is 13.0 Å². The normalized spacial score (nSPS) is 21.8. The van der Waals surface area contributed by atoms with Crippen LogP contribution in [0.2, 0.25) is 0 Å². The van der Waals surface area contributed by atoms with Gasteiger partial charge in [-0.3, -0.25) is 9.36 Å². The van der Waals surface area contributed by atoms with Gasteiger partial charge in [0.05, 0.1) is 18.0 Å². The van der Waals surface area contributed by atoms with E-state index < -0.39 is 0 Å². The van der Waals surface area contributed by atoms with Crippen molar-refractivity contribution in [2.45, 2.75) is 37.8 Å². The lowest BCUT2D eigenvalue weighted by Gasteiger charge is -2.32. The minimum Gasteiger partial charge on any atom is -0.496 e. The van der Waals surface area contributed by atoms with Gasteiger partial charge in [0.1, 0.15) is 5.75 Å². The van der Waals surface area contributed by atoms with Gasteiger partial charge in [0.15, 0.2) is 0 Å². The third kappa shape index (κ3) is 3.20. The van der Waals surface area contributed by atoms with Crippen LogP contribution in [0.25, 0.3) is 21.7 Å². The van der Waals surface area contributed by atoms with Crippen LogP contribution < -0.4 is 21.3 Å². The molecule has 1 aromatic heterocycles. The minimum absolute atomic E-state index is 0.222. The quantitative estimate of drug-likeness (QED) is 0.475. The van der Waals surface area contributed by atoms with Gasteiger partial charge in [0, 0.05) is 23.9 Å². The first-order valence-corrected chi connectivity index (χ1v) is 11.7. The molecule has 2 heterocycles. The van der Waals surface area contributed by atoms with E-state index in [1.54, 1.807) is 7.11 Å². The highest BCUT2D eigenvalue weighted by Crippen LogP contribution is 2.45. The number of methoxy groups -OCH3 is 1. The third-order valence-corrected chi connectivity index (χ3v) is 7.64. The zero-order valence-corrected chi connectivity index (χ0v) is 18.6. The number of nitrogens with one attached hydrogen (secondary N) is 2. The molecule has 3 atom stereocenters. The summed E-state index contributed by atoms with van der Waals surface area (Å²) in [5, 5.41) is 6.13. The summed E-state index contributed by atoms with van der Waals surface area (Å²) in [6, 6.07) is 18.1. The predicted molar refractivity (Wildman–Crippen MR) is 130 cm³/mol. The summed E-state index contributed by atoms with van der Waals surface area (Å²) in [4.78, 5) is 29.2. The number of H-pyrrole nitrogens is 1. The van der Waals surface area contributed by atoms with Crippen LogP contribution in [0.1, 0.15) is 29.9 Å². The topological polar surface area (TPSA) is 76.1 Å². The molecule has 168 valence electrons. The Hall–Kier alpha value is -3.38. The number of fused-ring (bicyclic) bond motifs is 6. The van der Waals surface area contributed by atoms with Crippen LogP contribution in [0.5, 0.6) is 5.75 Å². The number of hydrogen-bond donors (Lipinski definition) is 2. The van der Waals surface area contributed by atoms with Crippen LogP contribution >= 0.6 is 0 Å². The molecule has 0 spiro atoms. The number of ether oxygens (including phenoxy) is 1. The number of rotatable bonds is 4. The molecule has 3 aromatic carbocycles. The van der Waals surface area contributed by atoms with E-state index in [1.165, 1.54) is 15.7 Å². The van der Waals surface area contributed by atoms with Gasteiger partial charge >= 0.3 is 5.69 Å².